The minimum atomic E-state index is -0.741. The van der Waals surface area contributed by atoms with Crippen molar-refractivity contribution < 1.29 is 4.39 Å². The van der Waals surface area contributed by atoms with Crippen LogP contribution in [0.1, 0.15) is 37.9 Å². The predicted octanol–water partition coefficient (Wildman–Crippen LogP) is 3.07. The van der Waals surface area contributed by atoms with E-state index in [1.807, 2.05) is 25.5 Å². The zero-order chi connectivity index (χ0) is 15.6. The Morgan fingerprint density at radius 2 is 2.10 bits per heavy atom. The van der Waals surface area contributed by atoms with Gasteiger partial charge >= 0.3 is 0 Å². The standard InChI is InChI=1S/C15H20ClFN4/c1-4-11-14(16)12(21(5-2)20-11)8-15(3,18)13-7-6-10(17)9-19-13/h6-7,9H,4-5,8,18H2,1-3H3. The molecule has 0 aromatic carbocycles. The van der Waals surface area contributed by atoms with Crippen molar-refractivity contribution in [1.82, 2.24) is 14.8 Å². The number of pyridine rings is 1. The van der Waals surface area contributed by atoms with Gasteiger partial charge in [0, 0.05) is 13.0 Å². The third-order valence-corrected chi connectivity index (χ3v) is 3.98. The number of aryl methyl sites for hydroxylation is 2. The maximum Gasteiger partial charge on any atom is 0.141 e. The highest BCUT2D eigenvalue weighted by Gasteiger charge is 2.27. The first-order valence-corrected chi connectivity index (χ1v) is 7.41. The topological polar surface area (TPSA) is 56.7 Å². The summed E-state index contributed by atoms with van der Waals surface area (Å²) in [4.78, 5) is 4.09. The highest BCUT2D eigenvalue weighted by Crippen LogP contribution is 2.28. The van der Waals surface area contributed by atoms with Gasteiger partial charge in [-0.3, -0.25) is 9.67 Å². The van der Waals surface area contributed by atoms with Gasteiger partial charge in [0.25, 0.3) is 0 Å². The van der Waals surface area contributed by atoms with Gasteiger partial charge in [0.15, 0.2) is 0 Å². The van der Waals surface area contributed by atoms with Gasteiger partial charge in [0.05, 0.1) is 33.8 Å². The van der Waals surface area contributed by atoms with Crippen molar-refractivity contribution in [1.29, 1.82) is 0 Å². The Morgan fingerprint density at radius 1 is 1.38 bits per heavy atom. The molecule has 114 valence electrons. The average molecular weight is 311 g/mol. The van der Waals surface area contributed by atoms with Crippen LogP contribution in [-0.4, -0.2) is 14.8 Å². The van der Waals surface area contributed by atoms with Gasteiger partial charge < -0.3 is 5.73 Å². The molecule has 0 saturated heterocycles. The SMILES string of the molecule is CCc1nn(CC)c(CC(C)(N)c2ccc(F)cn2)c1Cl. The molecule has 2 heterocycles. The van der Waals surface area contributed by atoms with Crippen molar-refractivity contribution in [3.05, 3.63) is 46.3 Å². The Kier molecular flexibility index (Phi) is 4.64. The zero-order valence-corrected chi connectivity index (χ0v) is 13.3. The molecule has 2 aromatic heterocycles. The second-order valence-electron chi connectivity index (χ2n) is 5.33. The lowest BCUT2D eigenvalue weighted by Gasteiger charge is -2.24. The van der Waals surface area contributed by atoms with Crippen LogP contribution in [0.15, 0.2) is 18.3 Å². The minimum Gasteiger partial charge on any atom is -0.320 e. The lowest BCUT2D eigenvalue weighted by atomic mass is 9.92. The highest BCUT2D eigenvalue weighted by atomic mass is 35.5. The molecule has 0 bridgehead atoms. The van der Waals surface area contributed by atoms with E-state index in [0.29, 0.717) is 17.1 Å². The van der Waals surface area contributed by atoms with Gasteiger partial charge in [-0.25, -0.2) is 4.39 Å². The van der Waals surface area contributed by atoms with Gasteiger partial charge in [0.2, 0.25) is 0 Å². The second-order valence-corrected chi connectivity index (χ2v) is 5.71. The van der Waals surface area contributed by atoms with Crippen molar-refractivity contribution in [2.24, 2.45) is 5.73 Å². The van der Waals surface area contributed by atoms with Crippen LogP contribution in [0.25, 0.3) is 0 Å². The quantitative estimate of drug-likeness (QED) is 0.923. The molecular formula is C15H20ClFN4. The second kappa shape index (κ2) is 6.12. The third kappa shape index (κ3) is 3.24. The van der Waals surface area contributed by atoms with Crippen molar-refractivity contribution >= 4 is 11.6 Å². The Bertz CT molecular complexity index is 619. The number of rotatable bonds is 5. The van der Waals surface area contributed by atoms with E-state index in [-0.39, 0.29) is 5.82 Å². The summed E-state index contributed by atoms with van der Waals surface area (Å²) >= 11 is 6.41. The lowest BCUT2D eigenvalue weighted by molar-refractivity contribution is 0.449. The van der Waals surface area contributed by atoms with E-state index >= 15 is 0 Å². The van der Waals surface area contributed by atoms with Crippen LogP contribution in [-0.2, 0) is 24.9 Å². The molecular weight excluding hydrogens is 291 g/mol. The van der Waals surface area contributed by atoms with E-state index < -0.39 is 5.54 Å². The summed E-state index contributed by atoms with van der Waals surface area (Å²) in [6.45, 7) is 6.61. The van der Waals surface area contributed by atoms with Crippen molar-refractivity contribution in [3.8, 4) is 0 Å². The molecule has 0 radical (unpaired) electrons. The van der Waals surface area contributed by atoms with Gasteiger partial charge in [-0.2, -0.15) is 5.10 Å². The van der Waals surface area contributed by atoms with Crippen LogP contribution in [0.2, 0.25) is 5.02 Å². The molecule has 1 atom stereocenters. The Morgan fingerprint density at radius 3 is 2.62 bits per heavy atom. The van der Waals surface area contributed by atoms with Gasteiger partial charge in [-0.05, 0) is 32.4 Å². The number of halogens is 2. The van der Waals surface area contributed by atoms with Crippen LogP contribution in [0.4, 0.5) is 4.39 Å². The fourth-order valence-corrected chi connectivity index (χ4v) is 2.67. The van der Waals surface area contributed by atoms with Gasteiger partial charge in [-0.1, -0.05) is 18.5 Å². The van der Waals surface area contributed by atoms with E-state index in [1.54, 1.807) is 6.07 Å². The fraction of sp³-hybridized carbons (Fsp3) is 0.467. The molecule has 0 fully saturated rings. The van der Waals surface area contributed by atoms with Crippen LogP contribution in [0.5, 0.6) is 0 Å². The van der Waals surface area contributed by atoms with Gasteiger partial charge in [0.1, 0.15) is 5.82 Å². The third-order valence-electron chi connectivity index (χ3n) is 3.54. The molecule has 0 aliphatic rings. The number of aromatic nitrogens is 3. The monoisotopic (exact) mass is 310 g/mol. The van der Waals surface area contributed by atoms with E-state index in [0.717, 1.165) is 24.4 Å². The first-order chi connectivity index (χ1) is 9.89. The molecule has 2 rings (SSSR count). The fourth-order valence-electron chi connectivity index (χ4n) is 2.34. The van der Waals surface area contributed by atoms with E-state index in [2.05, 4.69) is 10.1 Å². The van der Waals surface area contributed by atoms with Crippen LogP contribution < -0.4 is 5.73 Å². The maximum absolute atomic E-state index is 13.0. The van der Waals surface area contributed by atoms with E-state index in [4.69, 9.17) is 17.3 Å². The molecule has 6 heteroatoms. The van der Waals surface area contributed by atoms with Crippen molar-refractivity contribution in [3.63, 3.8) is 0 Å². The normalized spacial score (nSPS) is 14.2. The first-order valence-electron chi connectivity index (χ1n) is 7.04. The van der Waals surface area contributed by atoms with Crippen molar-refractivity contribution in [2.75, 3.05) is 0 Å². The first kappa shape index (κ1) is 15.9. The van der Waals surface area contributed by atoms with Crippen molar-refractivity contribution in [2.45, 2.75) is 45.7 Å². The Balaban J connectivity index is 2.36. The average Bonchev–Trinajstić information content (AvgIpc) is 2.75. The summed E-state index contributed by atoms with van der Waals surface area (Å²) in [5, 5.41) is 5.15. The van der Waals surface area contributed by atoms with Crippen LogP contribution in [0, 0.1) is 5.82 Å². The minimum absolute atomic E-state index is 0.376. The molecule has 2 aromatic rings. The summed E-state index contributed by atoms with van der Waals surface area (Å²) in [5.41, 5.74) is 8.03. The maximum atomic E-state index is 13.0. The van der Waals surface area contributed by atoms with E-state index in [1.165, 1.54) is 12.3 Å². The lowest BCUT2D eigenvalue weighted by Crippen LogP contribution is -2.37. The summed E-state index contributed by atoms with van der Waals surface area (Å²) < 4.78 is 14.9. The molecule has 21 heavy (non-hydrogen) atoms. The predicted molar refractivity (Wildman–Crippen MR) is 81.7 cm³/mol. The smallest absolute Gasteiger partial charge is 0.141 e. The summed E-state index contributed by atoms with van der Waals surface area (Å²) in [6.07, 6.45) is 2.44. The molecule has 4 nitrogen and oxygen atoms in total. The van der Waals surface area contributed by atoms with Crippen LogP contribution in [0.3, 0.4) is 0 Å². The summed E-state index contributed by atoms with van der Waals surface area (Å²) in [7, 11) is 0. The van der Waals surface area contributed by atoms with E-state index in [9.17, 15) is 4.39 Å². The van der Waals surface area contributed by atoms with Gasteiger partial charge in [-0.15, -0.1) is 0 Å². The molecule has 2 N–H and O–H groups in total. The number of hydrogen-bond donors (Lipinski definition) is 1. The molecule has 0 amide bonds. The molecule has 0 saturated carbocycles. The largest absolute Gasteiger partial charge is 0.320 e. The summed E-state index contributed by atoms with van der Waals surface area (Å²) in [6, 6.07) is 2.97. The van der Waals surface area contributed by atoms with Crippen LogP contribution >= 0.6 is 11.6 Å². The molecule has 0 aliphatic heterocycles. The number of nitrogens with two attached hydrogens (primary N) is 1. The highest BCUT2D eigenvalue weighted by molar-refractivity contribution is 6.31. The zero-order valence-electron chi connectivity index (χ0n) is 12.5. The Hall–Kier alpha value is -1.46. The molecule has 0 aliphatic carbocycles. The number of nitrogens with zero attached hydrogens (tertiary/aromatic N) is 3. The number of hydrogen-bond acceptors (Lipinski definition) is 3. The molecule has 0 spiro atoms. The molecule has 1 unspecified atom stereocenters. The Labute approximate surface area is 129 Å². The summed E-state index contributed by atoms with van der Waals surface area (Å²) in [5.74, 6) is -0.376.